The zero-order valence-corrected chi connectivity index (χ0v) is 16.2. The lowest BCUT2D eigenvalue weighted by Crippen LogP contribution is -2.38. The van der Waals surface area contributed by atoms with Crippen LogP contribution in [0.5, 0.6) is 5.75 Å². The maximum atomic E-state index is 12.5. The molecule has 6 nitrogen and oxygen atoms in total. The van der Waals surface area contributed by atoms with Crippen LogP contribution in [0.4, 0.5) is 11.4 Å². The molecule has 0 aliphatic rings. The van der Waals surface area contributed by atoms with E-state index in [2.05, 4.69) is 5.32 Å². The van der Waals surface area contributed by atoms with Crippen LogP contribution in [-0.4, -0.2) is 34.2 Å². The van der Waals surface area contributed by atoms with Crippen molar-refractivity contribution in [1.29, 1.82) is 0 Å². The molecule has 0 radical (unpaired) electrons. The van der Waals surface area contributed by atoms with Gasteiger partial charge in [-0.2, -0.15) is 0 Å². The molecule has 0 bridgehead atoms. The Kier molecular flexibility index (Phi) is 6.26. The minimum atomic E-state index is -3.64. The van der Waals surface area contributed by atoms with E-state index < -0.39 is 15.9 Å². The van der Waals surface area contributed by atoms with Crippen LogP contribution in [0.1, 0.15) is 25.3 Å². The molecule has 0 spiro atoms. The summed E-state index contributed by atoms with van der Waals surface area (Å²) in [5, 5.41) is 2.71. The van der Waals surface area contributed by atoms with E-state index >= 15 is 0 Å². The van der Waals surface area contributed by atoms with Crippen LogP contribution in [-0.2, 0) is 14.8 Å². The average Bonchev–Trinajstić information content (AvgIpc) is 2.59. The van der Waals surface area contributed by atoms with Gasteiger partial charge in [0.05, 0.1) is 24.7 Å². The third-order valence-corrected chi connectivity index (χ3v) is 5.02. The van der Waals surface area contributed by atoms with Gasteiger partial charge in [-0.3, -0.25) is 9.10 Å². The molecule has 2 aromatic carbocycles. The average molecular weight is 376 g/mol. The number of carbonyl (C=O) groups excluding carboxylic acids is 1. The van der Waals surface area contributed by atoms with Crippen LogP contribution in [0.2, 0.25) is 0 Å². The normalized spacial score (nSPS) is 11.3. The summed E-state index contributed by atoms with van der Waals surface area (Å²) in [7, 11) is -2.13. The molecule has 0 atom stereocenters. The maximum absolute atomic E-state index is 12.5. The standard InChI is InChI=1S/C19H24N2O4S/c1-14(2)15-9-5-7-11-17(15)21(26(4,23)24)13-19(22)20-16-10-6-8-12-18(16)25-3/h5-12,14H,13H2,1-4H3,(H,20,22). The van der Waals surface area contributed by atoms with Gasteiger partial charge < -0.3 is 10.1 Å². The number of amides is 1. The van der Waals surface area contributed by atoms with E-state index in [0.717, 1.165) is 16.1 Å². The largest absolute Gasteiger partial charge is 0.495 e. The van der Waals surface area contributed by atoms with Crippen molar-refractivity contribution < 1.29 is 17.9 Å². The number of nitrogens with one attached hydrogen (secondary N) is 1. The van der Waals surface area contributed by atoms with Crippen LogP contribution in [0.25, 0.3) is 0 Å². The first-order valence-corrected chi connectivity index (χ1v) is 10.1. The number of sulfonamides is 1. The van der Waals surface area contributed by atoms with Gasteiger partial charge >= 0.3 is 0 Å². The number of hydrogen-bond acceptors (Lipinski definition) is 4. The van der Waals surface area contributed by atoms with Crippen molar-refractivity contribution in [3.05, 3.63) is 54.1 Å². The molecule has 0 unspecified atom stereocenters. The Labute approximate surface area is 154 Å². The van der Waals surface area contributed by atoms with E-state index in [1.165, 1.54) is 7.11 Å². The maximum Gasteiger partial charge on any atom is 0.245 e. The molecule has 1 amide bonds. The molecular weight excluding hydrogens is 352 g/mol. The highest BCUT2D eigenvalue weighted by molar-refractivity contribution is 7.92. The van der Waals surface area contributed by atoms with Crippen LogP contribution in [0.3, 0.4) is 0 Å². The molecule has 0 saturated carbocycles. The molecular formula is C19H24N2O4S. The van der Waals surface area contributed by atoms with E-state index in [-0.39, 0.29) is 12.5 Å². The van der Waals surface area contributed by atoms with E-state index in [9.17, 15) is 13.2 Å². The van der Waals surface area contributed by atoms with Crippen LogP contribution < -0.4 is 14.4 Å². The predicted octanol–water partition coefficient (Wildman–Crippen LogP) is 3.22. The zero-order valence-electron chi connectivity index (χ0n) is 15.4. The Balaban J connectivity index is 2.31. The second kappa shape index (κ2) is 8.23. The molecule has 0 aromatic heterocycles. The predicted molar refractivity (Wildman–Crippen MR) is 104 cm³/mol. The highest BCUT2D eigenvalue weighted by Crippen LogP contribution is 2.29. The lowest BCUT2D eigenvalue weighted by atomic mass is 10.0. The van der Waals surface area contributed by atoms with E-state index in [0.29, 0.717) is 17.1 Å². The summed E-state index contributed by atoms with van der Waals surface area (Å²) in [6.45, 7) is 3.64. The number of carbonyl (C=O) groups is 1. The zero-order chi connectivity index (χ0) is 19.3. The summed E-state index contributed by atoms with van der Waals surface area (Å²) in [6.07, 6.45) is 1.10. The SMILES string of the molecule is COc1ccccc1NC(=O)CN(c1ccccc1C(C)C)S(C)(=O)=O. The molecule has 2 rings (SSSR count). The van der Waals surface area contributed by atoms with Gasteiger partial charge in [-0.15, -0.1) is 0 Å². The molecule has 140 valence electrons. The first kappa shape index (κ1) is 19.8. The summed E-state index contributed by atoms with van der Waals surface area (Å²) in [4.78, 5) is 12.5. The fourth-order valence-corrected chi connectivity index (χ4v) is 3.53. The number of ether oxygens (including phenoxy) is 1. The summed E-state index contributed by atoms with van der Waals surface area (Å²) in [5.74, 6) is 0.181. The topological polar surface area (TPSA) is 75.7 Å². The number of hydrogen-bond donors (Lipinski definition) is 1. The Morgan fingerprint density at radius 3 is 2.35 bits per heavy atom. The van der Waals surface area contributed by atoms with Gasteiger partial charge in [-0.25, -0.2) is 8.42 Å². The summed E-state index contributed by atoms with van der Waals surface area (Å²) in [6, 6.07) is 14.2. The van der Waals surface area contributed by atoms with Crippen molar-refractivity contribution in [2.45, 2.75) is 19.8 Å². The lowest BCUT2D eigenvalue weighted by Gasteiger charge is -2.25. The summed E-state index contributed by atoms with van der Waals surface area (Å²) in [5.41, 5.74) is 1.87. The monoisotopic (exact) mass is 376 g/mol. The van der Waals surface area contributed by atoms with Crippen molar-refractivity contribution in [3.63, 3.8) is 0 Å². The summed E-state index contributed by atoms with van der Waals surface area (Å²) < 4.78 is 31.0. The first-order valence-electron chi connectivity index (χ1n) is 8.23. The third kappa shape index (κ3) is 4.76. The van der Waals surface area contributed by atoms with Crippen LogP contribution in [0.15, 0.2) is 48.5 Å². The molecule has 0 saturated heterocycles. The molecule has 0 heterocycles. The Morgan fingerprint density at radius 2 is 1.73 bits per heavy atom. The van der Waals surface area contributed by atoms with Gasteiger partial charge in [0.2, 0.25) is 15.9 Å². The fraction of sp³-hybridized carbons (Fsp3) is 0.316. The Morgan fingerprint density at radius 1 is 1.12 bits per heavy atom. The second-order valence-electron chi connectivity index (χ2n) is 6.23. The first-order chi connectivity index (χ1) is 12.2. The molecule has 7 heteroatoms. The Bertz CT molecular complexity index is 879. The van der Waals surface area contributed by atoms with Crippen LogP contribution in [0, 0.1) is 0 Å². The van der Waals surface area contributed by atoms with Gasteiger partial charge in [0.1, 0.15) is 12.3 Å². The van der Waals surface area contributed by atoms with E-state index in [1.807, 2.05) is 26.0 Å². The summed E-state index contributed by atoms with van der Waals surface area (Å²) >= 11 is 0. The van der Waals surface area contributed by atoms with Gasteiger partial charge in [-0.05, 0) is 29.7 Å². The smallest absolute Gasteiger partial charge is 0.245 e. The number of anilines is 2. The number of benzene rings is 2. The van der Waals surface area contributed by atoms with Crippen molar-refractivity contribution in [2.75, 3.05) is 29.5 Å². The molecule has 0 aliphatic heterocycles. The van der Waals surface area contributed by atoms with Gasteiger partial charge in [0, 0.05) is 0 Å². The Hall–Kier alpha value is -2.54. The minimum absolute atomic E-state index is 0.118. The number of methoxy groups -OCH3 is 1. The highest BCUT2D eigenvalue weighted by atomic mass is 32.2. The molecule has 0 aliphatic carbocycles. The number of rotatable bonds is 7. The highest BCUT2D eigenvalue weighted by Gasteiger charge is 2.24. The second-order valence-corrected chi connectivity index (χ2v) is 8.14. The van der Waals surface area contributed by atoms with Crippen molar-refractivity contribution in [3.8, 4) is 5.75 Å². The molecule has 26 heavy (non-hydrogen) atoms. The fourth-order valence-electron chi connectivity index (χ4n) is 2.65. The van der Waals surface area contributed by atoms with E-state index in [4.69, 9.17) is 4.74 Å². The third-order valence-electron chi connectivity index (χ3n) is 3.90. The van der Waals surface area contributed by atoms with E-state index in [1.54, 1.807) is 36.4 Å². The van der Waals surface area contributed by atoms with Crippen LogP contribution >= 0.6 is 0 Å². The quantitative estimate of drug-likeness (QED) is 0.805. The molecule has 1 N–H and O–H groups in total. The molecule has 2 aromatic rings. The van der Waals surface area contributed by atoms with Gasteiger partial charge in [0.15, 0.2) is 0 Å². The van der Waals surface area contributed by atoms with Crippen molar-refractivity contribution in [1.82, 2.24) is 0 Å². The number of nitrogens with zero attached hydrogens (tertiary/aromatic N) is 1. The van der Waals surface area contributed by atoms with Gasteiger partial charge in [-0.1, -0.05) is 44.2 Å². The molecule has 0 fully saturated rings. The minimum Gasteiger partial charge on any atom is -0.495 e. The van der Waals surface area contributed by atoms with Crippen molar-refractivity contribution in [2.24, 2.45) is 0 Å². The number of para-hydroxylation sites is 3. The lowest BCUT2D eigenvalue weighted by molar-refractivity contribution is -0.114. The van der Waals surface area contributed by atoms with Gasteiger partial charge in [0.25, 0.3) is 0 Å². The van der Waals surface area contributed by atoms with Crippen molar-refractivity contribution >= 4 is 27.3 Å².